The first-order valence-corrected chi connectivity index (χ1v) is 10.2. The van der Waals surface area contributed by atoms with E-state index < -0.39 is 12.0 Å². The van der Waals surface area contributed by atoms with Crippen molar-refractivity contribution in [2.45, 2.75) is 31.8 Å². The molecule has 2 atom stereocenters. The van der Waals surface area contributed by atoms with Crippen LogP contribution in [0.25, 0.3) is 0 Å². The lowest BCUT2D eigenvalue weighted by molar-refractivity contribution is -0.142. The van der Waals surface area contributed by atoms with Crippen molar-refractivity contribution in [1.29, 1.82) is 0 Å². The Labute approximate surface area is 163 Å². The summed E-state index contributed by atoms with van der Waals surface area (Å²) in [7, 11) is 1.32. The van der Waals surface area contributed by atoms with Crippen molar-refractivity contribution in [3.8, 4) is 0 Å². The summed E-state index contributed by atoms with van der Waals surface area (Å²) in [5, 5.41) is 6.16. The molecule has 0 saturated heterocycles. The van der Waals surface area contributed by atoms with Crippen molar-refractivity contribution in [3.63, 3.8) is 0 Å². The van der Waals surface area contributed by atoms with E-state index in [0.717, 1.165) is 23.6 Å². The molecule has 2 aromatic rings. The van der Waals surface area contributed by atoms with E-state index in [2.05, 4.69) is 27.5 Å². The van der Waals surface area contributed by atoms with Gasteiger partial charge in [-0.1, -0.05) is 13.0 Å². The summed E-state index contributed by atoms with van der Waals surface area (Å²) < 4.78 is 4.79. The third kappa shape index (κ3) is 6.02. The summed E-state index contributed by atoms with van der Waals surface area (Å²) in [4.78, 5) is 31.7. The average Bonchev–Trinajstić information content (AvgIpc) is 3.23. The summed E-state index contributed by atoms with van der Waals surface area (Å²) in [6.07, 6.45) is 6.82. The van der Waals surface area contributed by atoms with Gasteiger partial charge in [0.15, 0.2) is 0 Å². The molecule has 0 fully saturated rings. The lowest BCUT2D eigenvalue weighted by Gasteiger charge is -2.18. The molecule has 0 aliphatic rings. The van der Waals surface area contributed by atoms with E-state index in [0.29, 0.717) is 12.0 Å². The Morgan fingerprint density at radius 3 is 2.81 bits per heavy atom. The van der Waals surface area contributed by atoms with Crippen LogP contribution in [-0.2, 0) is 9.53 Å². The lowest BCUT2D eigenvalue weighted by atomic mass is 10.1. The Bertz CT molecular complexity index is 736. The highest BCUT2D eigenvalue weighted by Gasteiger charge is 2.22. The van der Waals surface area contributed by atoms with Gasteiger partial charge in [-0.05, 0) is 43.0 Å². The first kappa shape index (κ1) is 20.8. The fourth-order valence-corrected chi connectivity index (χ4v) is 3.14. The molecule has 27 heavy (non-hydrogen) atoms. The zero-order chi connectivity index (χ0) is 19.6. The van der Waals surface area contributed by atoms with Crippen LogP contribution in [0.1, 0.15) is 41.9 Å². The summed E-state index contributed by atoms with van der Waals surface area (Å²) in [5.74, 6) is 0.0166. The fourth-order valence-electron chi connectivity index (χ4n) is 2.67. The van der Waals surface area contributed by atoms with Gasteiger partial charge in [0, 0.05) is 17.4 Å². The zero-order valence-electron chi connectivity index (χ0n) is 15.8. The summed E-state index contributed by atoms with van der Waals surface area (Å²) in [6.45, 7) is 2.07. The molecule has 0 spiro atoms. The molecular weight excluding hydrogens is 364 g/mol. The number of nitrogens with zero attached hydrogens (tertiary/aromatic N) is 1. The van der Waals surface area contributed by atoms with Gasteiger partial charge in [0.2, 0.25) is 0 Å². The molecular formula is C19H26N4O3S. The molecule has 146 valence electrons. The number of benzene rings is 1. The lowest BCUT2D eigenvalue weighted by Crippen LogP contribution is -2.41. The smallest absolute Gasteiger partial charge is 0.328 e. The Balaban J connectivity index is 2.08. The van der Waals surface area contributed by atoms with Crippen LogP contribution in [0, 0.1) is 0 Å². The fraction of sp³-hybridized carbons (Fsp3) is 0.421. The number of aromatic nitrogens is 2. The number of esters is 1. The van der Waals surface area contributed by atoms with Gasteiger partial charge in [-0.3, -0.25) is 4.79 Å². The number of imidazole rings is 1. The number of nitrogens with one attached hydrogen (secondary N) is 3. The molecule has 3 N–H and O–H groups in total. The second kappa shape index (κ2) is 10.6. The van der Waals surface area contributed by atoms with Crippen LogP contribution in [0.2, 0.25) is 0 Å². The second-order valence-electron chi connectivity index (χ2n) is 6.01. The number of hydrogen-bond acceptors (Lipinski definition) is 6. The molecule has 1 aromatic carbocycles. The number of aromatic amines is 1. The van der Waals surface area contributed by atoms with Gasteiger partial charge >= 0.3 is 5.97 Å². The molecule has 1 amide bonds. The number of ether oxygens (including phenoxy) is 1. The zero-order valence-corrected chi connectivity index (χ0v) is 16.6. The van der Waals surface area contributed by atoms with Gasteiger partial charge in [0.05, 0.1) is 25.2 Å². The first-order chi connectivity index (χ1) is 13.1. The first-order valence-electron chi connectivity index (χ1n) is 8.82. The third-order valence-electron chi connectivity index (χ3n) is 4.15. The van der Waals surface area contributed by atoms with E-state index in [9.17, 15) is 9.59 Å². The van der Waals surface area contributed by atoms with Gasteiger partial charge in [-0.25, -0.2) is 9.78 Å². The highest BCUT2D eigenvalue weighted by atomic mass is 32.2. The van der Waals surface area contributed by atoms with Crippen molar-refractivity contribution in [3.05, 3.63) is 48.0 Å². The monoisotopic (exact) mass is 390 g/mol. The standard InChI is InChI=1S/C19H26N4O3S/c1-4-15(17-11-20-12-21-17)22-14-7-5-6-13(10-14)18(24)23-16(8-9-27-3)19(25)26-2/h5-7,10-12,15-16,22H,4,8-9H2,1-3H3,(H,20,21)(H,23,24). The van der Waals surface area contributed by atoms with Crippen molar-refractivity contribution >= 4 is 29.3 Å². The van der Waals surface area contributed by atoms with Gasteiger partial charge in [0.1, 0.15) is 6.04 Å². The summed E-state index contributed by atoms with van der Waals surface area (Å²) >= 11 is 1.61. The minimum Gasteiger partial charge on any atom is -0.467 e. The number of anilines is 1. The highest BCUT2D eigenvalue weighted by Crippen LogP contribution is 2.21. The van der Waals surface area contributed by atoms with Crippen LogP contribution in [0.4, 0.5) is 5.69 Å². The molecule has 7 nitrogen and oxygen atoms in total. The maximum absolute atomic E-state index is 12.6. The maximum Gasteiger partial charge on any atom is 0.328 e. The molecule has 0 radical (unpaired) electrons. The number of carbonyl (C=O) groups excluding carboxylic acids is 2. The number of hydrogen-bond donors (Lipinski definition) is 3. The van der Waals surface area contributed by atoms with Gasteiger partial charge < -0.3 is 20.4 Å². The Morgan fingerprint density at radius 1 is 1.37 bits per heavy atom. The Kier molecular flexibility index (Phi) is 8.19. The minimum atomic E-state index is -0.654. The van der Waals surface area contributed by atoms with Crippen molar-refractivity contribution in [2.24, 2.45) is 0 Å². The van der Waals surface area contributed by atoms with E-state index in [-0.39, 0.29) is 11.9 Å². The number of thioether (sulfide) groups is 1. The van der Waals surface area contributed by atoms with Gasteiger partial charge in [-0.15, -0.1) is 0 Å². The molecule has 2 rings (SSSR count). The van der Waals surface area contributed by atoms with Crippen molar-refractivity contribution in [2.75, 3.05) is 24.4 Å². The predicted octanol–water partition coefficient (Wildman–Crippen LogP) is 3.00. The molecule has 0 aliphatic carbocycles. The number of rotatable bonds is 10. The molecule has 1 aromatic heterocycles. The van der Waals surface area contributed by atoms with Gasteiger partial charge in [0.25, 0.3) is 5.91 Å². The summed E-state index contributed by atoms with van der Waals surface area (Å²) in [6, 6.07) is 6.59. The van der Waals surface area contributed by atoms with Crippen LogP contribution in [0.15, 0.2) is 36.8 Å². The van der Waals surface area contributed by atoms with Crippen LogP contribution < -0.4 is 10.6 Å². The Morgan fingerprint density at radius 2 is 2.19 bits per heavy atom. The molecule has 0 aliphatic heterocycles. The number of amides is 1. The average molecular weight is 391 g/mol. The van der Waals surface area contributed by atoms with Crippen LogP contribution in [0.3, 0.4) is 0 Å². The third-order valence-corrected chi connectivity index (χ3v) is 4.80. The second-order valence-corrected chi connectivity index (χ2v) is 7.00. The van der Waals surface area contributed by atoms with E-state index >= 15 is 0 Å². The van der Waals surface area contributed by atoms with Crippen molar-refractivity contribution in [1.82, 2.24) is 15.3 Å². The Hall–Kier alpha value is -2.48. The topological polar surface area (TPSA) is 96.1 Å². The normalized spacial score (nSPS) is 12.9. The highest BCUT2D eigenvalue weighted by molar-refractivity contribution is 7.98. The maximum atomic E-state index is 12.6. The largest absolute Gasteiger partial charge is 0.467 e. The SMILES string of the molecule is CCC(Nc1cccc(C(=O)NC(CCSC)C(=O)OC)c1)c1c[nH]cn1. The molecule has 2 unspecified atom stereocenters. The van der Waals surface area contributed by atoms with E-state index in [1.807, 2.05) is 24.6 Å². The quantitative estimate of drug-likeness (QED) is 0.540. The predicted molar refractivity (Wildman–Crippen MR) is 108 cm³/mol. The van der Waals surface area contributed by atoms with Crippen LogP contribution in [-0.4, -0.2) is 47.0 Å². The van der Waals surface area contributed by atoms with Crippen molar-refractivity contribution < 1.29 is 14.3 Å². The molecule has 8 heteroatoms. The molecule has 0 bridgehead atoms. The molecule has 1 heterocycles. The van der Waals surface area contributed by atoms with E-state index in [4.69, 9.17) is 4.74 Å². The summed E-state index contributed by atoms with van der Waals surface area (Å²) in [5.41, 5.74) is 2.21. The van der Waals surface area contributed by atoms with Crippen LogP contribution >= 0.6 is 11.8 Å². The van der Waals surface area contributed by atoms with E-state index in [1.165, 1.54) is 7.11 Å². The van der Waals surface area contributed by atoms with Crippen LogP contribution in [0.5, 0.6) is 0 Å². The minimum absolute atomic E-state index is 0.0407. The van der Waals surface area contributed by atoms with E-state index in [1.54, 1.807) is 30.2 Å². The van der Waals surface area contributed by atoms with Gasteiger partial charge in [-0.2, -0.15) is 11.8 Å². The number of carbonyl (C=O) groups is 2. The number of H-pyrrole nitrogens is 1. The molecule has 0 saturated carbocycles. The number of methoxy groups -OCH3 is 1.